The number of esters is 1. The van der Waals surface area contributed by atoms with Crippen LogP contribution in [0.3, 0.4) is 0 Å². The number of allylic oxidation sites excluding steroid dienone is 2. The second kappa shape index (κ2) is 4.90. The van der Waals surface area contributed by atoms with Gasteiger partial charge in [-0.05, 0) is 25.7 Å². The van der Waals surface area contributed by atoms with Gasteiger partial charge in [-0.25, -0.2) is 0 Å². The summed E-state index contributed by atoms with van der Waals surface area (Å²) >= 11 is 0. The molecule has 1 aliphatic carbocycles. The quantitative estimate of drug-likeness (QED) is 0.607. The molecule has 0 aromatic carbocycles. The summed E-state index contributed by atoms with van der Waals surface area (Å²) in [5.74, 6) is -2.63. The van der Waals surface area contributed by atoms with Crippen LogP contribution in [0.1, 0.15) is 34.1 Å². The van der Waals surface area contributed by atoms with Gasteiger partial charge in [0.1, 0.15) is 0 Å². The van der Waals surface area contributed by atoms with E-state index in [-0.39, 0.29) is 6.61 Å². The van der Waals surface area contributed by atoms with Crippen LogP contribution in [0.25, 0.3) is 0 Å². The number of hydrogen-bond acceptors (Lipinski definition) is 3. The first-order valence-electron chi connectivity index (χ1n) is 5.89. The van der Waals surface area contributed by atoms with E-state index in [9.17, 15) is 14.7 Å². The topological polar surface area (TPSA) is 63.6 Å². The zero-order chi connectivity index (χ0) is 13.2. The largest absolute Gasteiger partial charge is 0.481 e. The molecule has 0 fully saturated rings. The van der Waals surface area contributed by atoms with Crippen molar-refractivity contribution >= 4 is 11.9 Å². The molecule has 1 aliphatic rings. The maximum absolute atomic E-state index is 12.0. The Kier molecular flexibility index (Phi) is 3.96. The van der Waals surface area contributed by atoms with Crippen molar-refractivity contribution in [1.29, 1.82) is 0 Å². The molecule has 4 nitrogen and oxygen atoms in total. The summed E-state index contributed by atoms with van der Waals surface area (Å²) in [6.07, 6.45) is 2.31. The van der Waals surface area contributed by atoms with Gasteiger partial charge in [-0.2, -0.15) is 0 Å². The fourth-order valence-electron chi connectivity index (χ4n) is 2.39. The molecule has 2 atom stereocenters. The van der Waals surface area contributed by atoms with Gasteiger partial charge in [0.15, 0.2) is 0 Å². The van der Waals surface area contributed by atoms with Crippen molar-refractivity contribution in [2.24, 2.45) is 17.3 Å². The molecule has 0 aromatic rings. The SMILES string of the molecule is CCOC(=O)[C@H]1[C@@H](C(=O)O)CC=C(C)C1(C)C. The van der Waals surface area contributed by atoms with Crippen molar-refractivity contribution in [3.05, 3.63) is 11.6 Å². The molecule has 0 spiro atoms. The Hall–Kier alpha value is -1.32. The minimum atomic E-state index is -0.931. The van der Waals surface area contributed by atoms with E-state index in [1.165, 1.54) is 0 Å². The fraction of sp³-hybridized carbons (Fsp3) is 0.692. The Morgan fingerprint density at radius 2 is 2.12 bits per heavy atom. The van der Waals surface area contributed by atoms with Crippen molar-refractivity contribution in [1.82, 2.24) is 0 Å². The molecule has 0 heterocycles. The first kappa shape index (κ1) is 13.7. The number of rotatable bonds is 3. The van der Waals surface area contributed by atoms with Crippen LogP contribution in [0.15, 0.2) is 11.6 Å². The number of carbonyl (C=O) groups excluding carboxylic acids is 1. The third-order valence-electron chi connectivity index (χ3n) is 3.73. The first-order valence-corrected chi connectivity index (χ1v) is 5.89. The highest BCUT2D eigenvalue weighted by Gasteiger charge is 2.47. The van der Waals surface area contributed by atoms with E-state index in [1.54, 1.807) is 6.92 Å². The molecule has 0 unspecified atom stereocenters. The standard InChI is InChI=1S/C13H20O4/c1-5-17-12(16)10-9(11(14)15)7-6-8(2)13(10,3)4/h6,9-10H,5,7H2,1-4H3,(H,14,15)/t9-,10+/m0/s1. The normalized spacial score (nSPS) is 27.2. The Morgan fingerprint density at radius 1 is 1.53 bits per heavy atom. The minimum Gasteiger partial charge on any atom is -0.481 e. The van der Waals surface area contributed by atoms with Gasteiger partial charge in [-0.3, -0.25) is 9.59 Å². The molecule has 1 rings (SSSR count). The van der Waals surface area contributed by atoms with Gasteiger partial charge in [0.05, 0.1) is 18.4 Å². The van der Waals surface area contributed by atoms with E-state index in [2.05, 4.69) is 0 Å². The second-order valence-electron chi connectivity index (χ2n) is 5.02. The molecule has 0 saturated heterocycles. The van der Waals surface area contributed by atoms with E-state index in [4.69, 9.17) is 4.74 Å². The predicted octanol–water partition coefficient (Wildman–Crippen LogP) is 2.24. The van der Waals surface area contributed by atoms with Crippen LogP contribution < -0.4 is 0 Å². The molecule has 0 radical (unpaired) electrons. The van der Waals surface area contributed by atoms with Crippen LogP contribution in [-0.2, 0) is 14.3 Å². The maximum Gasteiger partial charge on any atom is 0.310 e. The highest BCUT2D eigenvalue weighted by molar-refractivity contribution is 5.83. The molecule has 17 heavy (non-hydrogen) atoms. The summed E-state index contributed by atoms with van der Waals surface area (Å²) in [4.78, 5) is 23.2. The van der Waals surface area contributed by atoms with Gasteiger partial charge in [0, 0.05) is 0 Å². The number of ether oxygens (including phenoxy) is 1. The monoisotopic (exact) mass is 240 g/mol. The number of carboxylic acid groups (broad SMARTS) is 1. The number of carbonyl (C=O) groups is 2. The number of hydrogen-bond donors (Lipinski definition) is 1. The predicted molar refractivity (Wildman–Crippen MR) is 63.4 cm³/mol. The molecule has 1 N–H and O–H groups in total. The summed E-state index contributed by atoms with van der Waals surface area (Å²) in [7, 11) is 0. The summed E-state index contributed by atoms with van der Waals surface area (Å²) in [5.41, 5.74) is 0.584. The van der Waals surface area contributed by atoms with E-state index in [1.807, 2.05) is 26.8 Å². The average molecular weight is 240 g/mol. The van der Waals surface area contributed by atoms with E-state index in [0.29, 0.717) is 6.42 Å². The lowest BCUT2D eigenvalue weighted by atomic mass is 9.63. The lowest BCUT2D eigenvalue weighted by Gasteiger charge is -2.40. The molecule has 4 heteroatoms. The lowest BCUT2D eigenvalue weighted by molar-refractivity contribution is -0.162. The highest BCUT2D eigenvalue weighted by Crippen LogP contribution is 2.45. The van der Waals surface area contributed by atoms with Gasteiger partial charge in [-0.1, -0.05) is 25.5 Å². The smallest absolute Gasteiger partial charge is 0.310 e. The van der Waals surface area contributed by atoms with Crippen molar-refractivity contribution in [3.63, 3.8) is 0 Å². The van der Waals surface area contributed by atoms with Crippen LogP contribution in [0, 0.1) is 17.3 Å². The molecule has 0 aliphatic heterocycles. The zero-order valence-electron chi connectivity index (χ0n) is 10.8. The Morgan fingerprint density at radius 3 is 2.59 bits per heavy atom. The molecular formula is C13H20O4. The lowest BCUT2D eigenvalue weighted by Crippen LogP contribution is -2.44. The van der Waals surface area contributed by atoms with Crippen LogP contribution in [0.2, 0.25) is 0 Å². The zero-order valence-corrected chi connectivity index (χ0v) is 10.8. The minimum absolute atomic E-state index is 0.278. The fourth-order valence-corrected chi connectivity index (χ4v) is 2.39. The number of carboxylic acids is 1. The summed E-state index contributed by atoms with van der Waals surface area (Å²) in [5, 5.41) is 9.21. The summed E-state index contributed by atoms with van der Waals surface area (Å²) in [6.45, 7) is 7.74. The maximum atomic E-state index is 12.0. The molecule has 0 bridgehead atoms. The molecule has 96 valence electrons. The molecule has 0 amide bonds. The summed E-state index contributed by atoms with van der Waals surface area (Å²) in [6, 6.07) is 0. The average Bonchev–Trinajstić information content (AvgIpc) is 2.21. The second-order valence-corrected chi connectivity index (χ2v) is 5.02. The number of aliphatic carboxylic acids is 1. The Bertz CT molecular complexity index is 354. The van der Waals surface area contributed by atoms with Crippen molar-refractivity contribution in [2.75, 3.05) is 6.61 Å². The van der Waals surface area contributed by atoms with Crippen molar-refractivity contribution in [2.45, 2.75) is 34.1 Å². The van der Waals surface area contributed by atoms with E-state index < -0.39 is 29.2 Å². The molecular weight excluding hydrogens is 220 g/mol. The first-order chi connectivity index (χ1) is 7.82. The van der Waals surface area contributed by atoms with Crippen LogP contribution in [0.4, 0.5) is 0 Å². The van der Waals surface area contributed by atoms with Gasteiger partial charge in [-0.15, -0.1) is 0 Å². The van der Waals surface area contributed by atoms with Gasteiger partial charge in [0.2, 0.25) is 0 Å². The van der Waals surface area contributed by atoms with Crippen LogP contribution in [0.5, 0.6) is 0 Å². The highest BCUT2D eigenvalue weighted by atomic mass is 16.5. The molecule has 0 saturated carbocycles. The van der Waals surface area contributed by atoms with E-state index in [0.717, 1.165) is 5.57 Å². The van der Waals surface area contributed by atoms with Crippen LogP contribution >= 0.6 is 0 Å². The van der Waals surface area contributed by atoms with Gasteiger partial charge < -0.3 is 9.84 Å². The van der Waals surface area contributed by atoms with Crippen molar-refractivity contribution < 1.29 is 19.4 Å². The van der Waals surface area contributed by atoms with Crippen molar-refractivity contribution in [3.8, 4) is 0 Å². The van der Waals surface area contributed by atoms with Gasteiger partial charge in [0.25, 0.3) is 0 Å². The van der Waals surface area contributed by atoms with Gasteiger partial charge >= 0.3 is 11.9 Å². The summed E-state index contributed by atoms with van der Waals surface area (Å²) < 4.78 is 5.02. The molecule has 0 aromatic heterocycles. The Balaban J connectivity index is 3.11. The third-order valence-corrected chi connectivity index (χ3v) is 3.73. The van der Waals surface area contributed by atoms with E-state index >= 15 is 0 Å². The third kappa shape index (κ3) is 2.51. The van der Waals surface area contributed by atoms with Crippen LogP contribution in [-0.4, -0.2) is 23.7 Å². The Labute approximate surface area is 102 Å².